The topological polar surface area (TPSA) is 122 Å². The molecule has 0 aromatic carbocycles. The molecular formula is C9H7NO6-2. The van der Waals surface area contributed by atoms with Crippen LogP contribution in [0, 0.1) is 0 Å². The average molecular weight is 225 g/mol. The summed E-state index contributed by atoms with van der Waals surface area (Å²) in [6.07, 6.45) is 0.358. The summed E-state index contributed by atoms with van der Waals surface area (Å²) in [6.45, 7) is 0. The van der Waals surface area contributed by atoms with E-state index in [9.17, 15) is 24.6 Å². The van der Waals surface area contributed by atoms with Crippen molar-refractivity contribution in [3.05, 3.63) is 24.2 Å². The van der Waals surface area contributed by atoms with Crippen LogP contribution in [0.3, 0.4) is 0 Å². The molecule has 1 heterocycles. The minimum atomic E-state index is -1.70. The molecule has 0 aliphatic carbocycles. The summed E-state index contributed by atoms with van der Waals surface area (Å²) in [7, 11) is 0. The van der Waals surface area contributed by atoms with E-state index >= 15 is 0 Å². The molecule has 0 saturated heterocycles. The Kier molecular flexibility index (Phi) is 3.65. The summed E-state index contributed by atoms with van der Waals surface area (Å²) in [5.74, 6) is -4.26. The summed E-state index contributed by atoms with van der Waals surface area (Å²) in [4.78, 5) is 32.0. The molecule has 1 amide bonds. The highest BCUT2D eigenvalue weighted by Gasteiger charge is 2.16. The highest BCUT2D eigenvalue weighted by molar-refractivity contribution is 5.94. The Morgan fingerprint density at radius 1 is 1.38 bits per heavy atom. The molecule has 0 fully saturated rings. The number of furan rings is 1. The number of rotatable bonds is 5. The van der Waals surface area contributed by atoms with E-state index in [1.165, 1.54) is 18.4 Å². The molecule has 1 aromatic rings. The average Bonchev–Trinajstić information content (AvgIpc) is 2.68. The molecule has 1 N–H and O–H groups in total. The van der Waals surface area contributed by atoms with Gasteiger partial charge in [-0.2, -0.15) is 0 Å². The quantitative estimate of drug-likeness (QED) is 0.580. The van der Waals surface area contributed by atoms with Crippen LogP contribution in [0.15, 0.2) is 22.8 Å². The smallest absolute Gasteiger partial charge is 0.287 e. The number of carboxylic acids is 2. The Labute approximate surface area is 89.7 Å². The van der Waals surface area contributed by atoms with Gasteiger partial charge in [0.05, 0.1) is 18.3 Å². The summed E-state index contributed by atoms with van der Waals surface area (Å²) in [5.41, 5.74) is 0. The van der Waals surface area contributed by atoms with Crippen molar-refractivity contribution in [2.24, 2.45) is 0 Å². The molecule has 86 valence electrons. The SMILES string of the molecule is O=C([O-])CC(NC(=O)c1ccco1)C(=O)[O-]. The second-order valence-corrected chi connectivity index (χ2v) is 2.90. The van der Waals surface area contributed by atoms with Gasteiger partial charge < -0.3 is 29.5 Å². The van der Waals surface area contributed by atoms with Crippen molar-refractivity contribution in [1.82, 2.24) is 5.32 Å². The summed E-state index contributed by atoms with van der Waals surface area (Å²) in [5, 5.41) is 22.6. The van der Waals surface area contributed by atoms with Crippen LogP contribution in [-0.4, -0.2) is 23.9 Å². The van der Waals surface area contributed by atoms with Gasteiger partial charge in [0.15, 0.2) is 5.76 Å². The Bertz CT molecular complexity index is 396. The summed E-state index contributed by atoms with van der Waals surface area (Å²) in [6, 6.07) is 1.09. The number of hydrogen-bond acceptors (Lipinski definition) is 6. The summed E-state index contributed by atoms with van der Waals surface area (Å²) < 4.78 is 4.69. The first kappa shape index (κ1) is 11.8. The molecule has 0 aliphatic heterocycles. The van der Waals surface area contributed by atoms with E-state index < -0.39 is 30.3 Å². The number of amides is 1. The van der Waals surface area contributed by atoms with Gasteiger partial charge in [-0.15, -0.1) is 0 Å². The van der Waals surface area contributed by atoms with Crippen molar-refractivity contribution in [1.29, 1.82) is 0 Å². The molecule has 0 spiro atoms. The molecule has 7 heteroatoms. The van der Waals surface area contributed by atoms with E-state index in [0.29, 0.717) is 0 Å². The van der Waals surface area contributed by atoms with Gasteiger partial charge in [0.25, 0.3) is 5.91 Å². The molecule has 16 heavy (non-hydrogen) atoms. The van der Waals surface area contributed by atoms with Crippen molar-refractivity contribution >= 4 is 17.8 Å². The van der Waals surface area contributed by atoms with Crippen molar-refractivity contribution < 1.29 is 29.0 Å². The number of aliphatic carboxylic acids is 2. The van der Waals surface area contributed by atoms with Crippen LogP contribution >= 0.6 is 0 Å². The first-order chi connectivity index (χ1) is 7.50. The third kappa shape index (κ3) is 3.12. The predicted molar refractivity (Wildman–Crippen MR) is 44.6 cm³/mol. The summed E-state index contributed by atoms with van der Waals surface area (Å²) >= 11 is 0. The van der Waals surface area contributed by atoms with Crippen LogP contribution < -0.4 is 15.5 Å². The number of carbonyl (C=O) groups excluding carboxylic acids is 3. The minimum Gasteiger partial charge on any atom is -0.550 e. The van der Waals surface area contributed by atoms with Gasteiger partial charge in [-0.25, -0.2) is 0 Å². The van der Waals surface area contributed by atoms with Crippen molar-refractivity contribution in [2.45, 2.75) is 12.5 Å². The maximum Gasteiger partial charge on any atom is 0.287 e. The van der Waals surface area contributed by atoms with E-state index in [4.69, 9.17) is 4.42 Å². The standard InChI is InChI=1S/C9H9NO6/c11-7(12)4-5(9(14)15)10-8(13)6-2-1-3-16-6/h1-3,5H,4H2,(H,10,13)(H,11,12)(H,14,15)/p-2. The molecule has 0 aliphatic rings. The van der Waals surface area contributed by atoms with Crippen LogP contribution in [0.4, 0.5) is 0 Å². The third-order valence-electron chi connectivity index (χ3n) is 1.71. The Morgan fingerprint density at radius 3 is 2.50 bits per heavy atom. The predicted octanol–water partition coefficient (Wildman–Crippen LogP) is -2.73. The lowest BCUT2D eigenvalue weighted by Crippen LogP contribution is -2.50. The Morgan fingerprint density at radius 2 is 2.06 bits per heavy atom. The molecule has 1 unspecified atom stereocenters. The van der Waals surface area contributed by atoms with Gasteiger partial charge in [-0.3, -0.25) is 4.79 Å². The maximum absolute atomic E-state index is 11.3. The molecule has 0 saturated carbocycles. The monoisotopic (exact) mass is 225 g/mol. The zero-order valence-electron chi connectivity index (χ0n) is 7.97. The van der Waals surface area contributed by atoms with Crippen LogP contribution in [-0.2, 0) is 9.59 Å². The fourth-order valence-corrected chi connectivity index (χ4v) is 0.997. The Hall–Kier alpha value is -2.31. The molecule has 0 bridgehead atoms. The van der Waals surface area contributed by atoms with E-state index in [1.807, 2.05) is 5.32 Å². The lowest BCUT2D eigenvalue weighted by molar-refractivity contribution is -0.317. The van der Waals surface area contributed by atoms with E-state index in [2.05, 4.69) is 0 Å². The van der Waals surface area contributed by atoms with Crippen LogP contribution in [0.25, 0.3) is 0 Å². The second kappa shape index (κ2) is 4.96. The highest BCUT2D eigenvalue weighted by Crippen LogP contribution is 2.01. The first-order valence-electron chi connectivity index (χ1n) is 4.25. The van der Waals surface area contributed by atoms with Gasteiger partial charge >= 0.3 is 0 Å². The van der Waals surface area contributed by atoms with Crippen molar-refractivity contribution in [3.63, 3.8) is 0 Å². The Balaban J connectivity index is 2.65. The second-order valence-electron chi connectivity index (χ2n) is 2.90. The highest BCUT2D eigenvalue weighted by atomic mass is 16.4. The zero-order chi connectivity index (χ0) is 12.1. The van der Waals surface area contributed by atoms with Crippen LogP contribution in [0.2, 0.25) is 0 Å². The largest absolute Gasteiger partial charge is 0.550 e. The van der Waals surface area contributed by atoms with Gasteiger partial charge in [0.2, 0.25) is 0 Å². The molecule has 1 atom stereocenters. The third-order valence-corrected chi connectivity index (χ3v) is 1.71. The van der Waals surface area contributed by atoms with Crippen LogP contribution in [0.1, 0.15) is 17.0 Å². The zero-order valence-corrected chi connectivity index (χ0v) is 7.97. The number of carbonyl (C=O) groups is 3. The van der Waals surface area contributed by atoms with Gasteiger partial charge in [-0.05, 0) is 12.1 Å². The fourth-order valence-electron chi connectivity index (χ4n) is 0.997. The number of hydrogen-bond donors (Lipinski definition) is 1. The normalized spacial score (nSPS) is 11.8. The minimum absolute atomic E-state index is 0.121. The van der Waals surface area contributed by atoms with E-state index in [1.54, 1.807) is 0 Å². The van der Waals surface area contributed by atoms with E-state index in [-0.39, 0.29) is 5.76 Å². The maximum atomic E-state index is 11.3. The van der Waals surface area contributed by atoms with Crippen molar-refractivity contribution in [2.75, 3.05) is 0 Å². The van der Waals surface area contributed by atoms with Gasteiger partial charge in [0, 0.05) is 12.4 Å². The molecule has 1 aromatic heterocycles. The van der Waals surface area contributed by atoms with Crippen LogP contribution in [0.5, 0.6) is 0 Å². The lowest BCUT2D eigenvalue weighted by Gasteiger charge is -2.19. The molecular weight excluding hydrogens is 218 g/mol. The molecule has 0 radical (unpaired) electrons. The molecule has 1 rings (SSSR count). The number of carboxylic acid groups (broad SMARTS) is 2. The van der Waals surface area contributed by atoms with E-state index in [0.717, 1.165) is 0 Å². The molecule has 7 nitrogen and oxygen atoms in total. The fraction of sp³-hybridized carbons (Fsp3) is 0.222. The first-order valence-corrected chi connectivity index (χ1v) is 4.25. The van der Waals surface area contributed by atoms with Gasteiger partial charge in [0.1, 0.15) is 0 Å². The number of nitrogens with one attached hydrogen (secondary N) is 1. The lowest BCUT2D eigenvalue weighted by atomic mass is 10.2. The van der Waals surface area contributed by atoms with Crippen molar-refractivity contribution in [3.8, 4) is 0 Å². The van der Waals surface area contributed by atoms with Gasteiger partial charge in [-0.1, -0.05) is 0 Å².